The van der Waals surface area contributed by atoms with Crippen molar-refractivity contribution in [2.45, 2.75) is 136 Å². The maximum absolute atomic E-state index is 13.4. The molecule has 0 aromatic carbocycles. The van der Waals surface area contributed by atoms with Crippen LogP contribution in [0.5, 0.6) is 0 Å². The lowest BCUT2D eigenvalue weighted by Gasteiger charge is -2.61. The van der Waals surface area contributed by atoms with E-state index in [4.69, 9.17) is 4.52 Å². The monoisotopic (exact) mass is 619 g/mol. The van der Waals surface area contributed by atoms with Gasteiger partial charge in [-0.3, -0.25) is 14.0 Å². The van der Waals surface area contributed by atoms with Crippen LogP contribution in [0.4, 0.5) is 0 Å². The predicted molar refractivity (Wildman–Crippen MR) is 169 cm³/mol. The van der Waals surface area contributed by atoms with Gasteiger partial charge in [0, 0.05) is 25.3 Å². The Bertz CT molecular complexity index is 1150. The van der Waals surface area contributed by atoms with Crippen molar-refractivity contribution < 1.29 is 24.1 Å². The van der Waals surface area contributed by atoms with Crippen LogP contribution in [0.1, 0.15) is 117 Å². The van der Waals surface area contributed by atoms with E-state index >= 15 is 0 Å². The Morgan fingerprint density at radius 1 is 1.12 bits per heavy atom. The predicted octanol–water partition coefficient (Wildman–Crippen LogP) is 7.43. The molecule has 0 radical (unpaired) electrons. The number of carboxylic acid groups (broad SMARTS) is 1. The molecule has 4 aliphatic carbocycles. The minimum Gasteiger partial charge on any atom is -0.481 e. The van der Waals surface area contributed by atoms with Gasteiger partial charge in [0.2, 0.25) is 7.37 Å². The van der Waals surface area contributed by atoms with E-state index in [-0.39, 0.29) is 25.3 Å². The van der Waals surface area contributed by atoms with E-state index in [1.54, 1.807) is 6.92 Å². The summed E-state index contributed by atoms with van der Waals surface area (Å²) in [6, 6.07) is 0. The van der Waals surface area contributed by atoms with Crippen LogP contribution in [-0.2, 0) is 26.8 Å². The first-order valence-corrected chi connectivity index (χ1v) is 19.4. The number of nitrogens with zero attached hydrogens (tertiary/aromatic N) is 3. The molecule has 0 spiro atoms. The molecule has 11 atom stereocenters. The highest BCUT2D eigenvalue weighted by atomic mass is 31.2. The summed E-state index contributed by atoms with van der Waals surface area (Å²) in [5.41, 5.74) is 0.350. The van der Waals surface area contributed by atoms with Crippen molar-refractivity contribution in [1.29, 1.82) is 0 Å². The van der Waals surface area contributed by atoms with Gasteiger partial charge in [-0.2, -0.15) is 0 Å². The molecule has 2 N–H and O–H groups in total. The van der Waals surface area contributed by atoms with E-state index in [2.05, 4.69) is 31.1 Å². The molecular weight excluding hydrogens is 561 g/mol. The SMILES string of the molecule is CCCP(=O)(OCC)C(Cc1cn(CCC[C@@H](C)[C@H]2CC[C@H]3[C@@H]4CC[C@@H]5C[C@H](O)CC[C@]5(C)[C@H]4CC[C@]23C)nn1)C(=O)O. The van der Waals surface area contributed by atoms with E-state index in [0.717, 1.165) is 61.8 Å². The van der Waals surface area contributed by atoms with Crippen molar-refractivity contribution in [2.24, 2.45) is 46.3 Å². The number of carboxylic acids is 1. The standard InChI is InChI=1S/C34H58N3O5P/c1-6-19-43(41,42-7-2)31(32(39)40)21-25-22-37(36-35-25)18-8-9-23(3)28-12-13-29-27-11-10-24-20-26(38)14-16-33(24,4)30(27)15-17-34(28,29)5/h22-24,26-31,38H,6-21H2,1-5H3,(H,39,40)/t23-,24-,26-,27+,28-,29+,30+,31?,33+,34-,43?/m1/s1. The van der Waals surface area contributed by atoms with E-state index in [0.29, 0.717) is 28.9 Å². The van der Waals surface area contributed by atoms with Gasteiger partial charge in [0.05, 0.1) is 18.4 Å². The Labute approximate surface area is 259 Å². The molecule has 0 saturated heterocycles. The molecule has 8 nitrogen and oxygen atoms in total. The van der Waals surface area contributed by atoms with Gasteiger partial charge in [-0.15, -0.1) is 5.10 Å². The number of aliphatic hydroxyl groups excluding tert-OH is 1. The third-order valence-electron chi connectivity index (χ3n) is 13.1. The van der Waals surface area contributed by atoms with Crippen molar-refractivity contribution in [1.82, 2.24) is 15.0 Å². The highest BCUT2D eigenvalue weighted by Crippen LogP contribution is 2.68. The number of hydrogen-bond acceptors (Lipinski definition) is 6. The molecule has 244 valence electrons. The second-order valence-electron chi connectivity index (χ2n) is 15.3. The molecule has 2 unspecified atom stereocenters. The molecule has 1 heterocycles. The van der Waals surface area contributed by atoms with Gasteiger partial charge < -0.3 is 14.7 Å². The zero-order valence-corrected chi connectivity index (χ0v) is 28.3. The van der Waals surface area contributed by atoms with Crippen LogP contribution in [0.2, 0.25) is 0 Å². The van der Waals surface area contributed by atoms with Gasteiger partial charge in [-0.05, 0) is 130 Å². The van der Waals surface area contributed by atoms with Crippen molar-refractivity contribution in [2.75, 3.05) is 12.8 Å². The summed E-state index contributed by atoms with van der Waals surface area (Å²) in [5.74, 6) is 3.62. The number of rotatable bonds is 13. The third-order valence-corrected chi connectivity index (χ3v) is 16.2. The molecule has 5 rings (SSSR count). The Morgan fingerprint density at radius 2 is 1.86 bits per heavy atom. The van der Waals surface area contributed by atoms with Gasteiger partial charge in [0.1, 0.15) is 5.66 Å². The maximum atomic E-state index is 13.4. The number of carbonyl (C=O) groups is 1. The van der Waals surface area contributed by atoms with Crippen molar-refractivity contribution in [3.63, 3.8) is 0 Å². The van der Waals surface area contributed by atoms with E-state index in [1.165, 1.54) is 44.9 Å². The number of fused-ring (bicyclic) bond motifs is 5. The summed E-state index contributed by atoms with van der Waals surface area (Å²) in [4.78, 5) is 12.1. The summed E-state index contributed by atoms with van der Waals surface area (Å²) < 4.78 is 20.7. The Hall–Kier alpha value is -1.24. The average molecular weight is 620 g/mol. The normalized spacial score (nSPS) is 38.4. The molecule has 43 heavy (non-hydrogen) atoms. The first-order valence-electron chi connectivity index (χ1n) is 17.5. The lowest BCUT2D eigenvalue weighted by Crippen LogP contribution is -2.54. The average Bonchev–Trinajstić information content (AvgIpc) is 3.55. The van der Waals surface area contributed by atoms with Gasteiger partial charge in [-0.25, -0.2) is 0 Å². The summed E-state index contributed by atoms with van der Waals surface area (Å²) in [7, 11) is -3.32. The highest BCUT2D eigenvalue weighted by Gasteiger charge is 2.60. The summed E-state index contributed by atoms with van der Waals surface area (Å²) in [5, 5.41) is 28.8. The second kappa shape index (κ2) is 13.2. The molecule has 4 fully saturated rings. The third kappa shape index (κ3) is 6.41. The lowest BCUT2D eigenvalue weighted by molar-refractivity contribution is -0.136. The highest BCUT2D eigenvalue weighted by molar-refractivity contribution is 7.60. The van der Waals surface area contributed by atoms with Crippen LogP contribution in [0.15, 0.2) is 6.20 Å². The Balaban J connectivity index is 1.16. The topological polar surface area (TPSA) is 115 Å². The van der Waals surface area contributed by atoms with E-state index in [1.807, 2.05) is 17.8 Å². The van der Waals surface area contributed by atoms with Gasteiger partial charge >= 0.3 is 5.97 Å². The zero-order chi connectivity index (χ0) is 31.0. The Kier molecular flexibility index (Phi) is 10.2. The molecule has 0 amide bonds. The van der Waals surface area contributed by atoms with Crippen molar-refractivity contribution in [3.8, 4) is 0 Å². The first-order chi connectivity index (χ1) is 20.4. The van der Waals surface area contributed by atoms with Gasteiger partial charge in [0.15, 0.2) is 0 Å². The maximum Gasteiger partial charge on any atom is 0.316 e. The molecule has 9 heteroatoms. The number of hydrogen-bond donors (Lipinski definition) is 2. The van der Waals surface area contributed by atoms with Crippen LogP contribution in [0.3, 0.4) is 0 Å². The summed E-state index contributed by atoms with van der Waals surface area (Å²) >= 11 is 0. The number of aryl methyl sites for hydroxylation is 1. The number of aliphatic carboxylic acids is 1. The van der Waals surface area contributed by atoms with Crippen LogP contribution in [0.25, 0.3) is 0 Å². The molecule has 0 aliphatic heterocycles. The zero-order valence-electron chi connectivity index (χ0n) is 27.4. The van der Waals surface area contributed by atoms with Gasteiger partial charge in [0.25, 0.3) is 0 Å². The van der Waals surface area contributed by atoms with Crippen LogP contribution in [-0.4, -0.2) is 55.7 Å². The minimum atomic E-state index is -3.32. The first kappa shape index (κ1) is 33.1. The molecule has 4 saturated carbocycles. The van der Waals surface area contributed by atoms with E-state index < -0.39 is 19.0 Å². The second-order valence-corrected chi connectivity index (χ2v) is 18.1. The Morgan fingerprint density at radius 3 is 2.58 bits per heavy atom. The minimum absolute atomic E-state index is 0.0733. The lowest BCUT2D eigenvalue weighted by atomic mass is 9.44. The van der Waals surface area contributed by atoms with E-state index in [9.17, 15) is 19.6 Å². The fourth-order valence-corrected chi connectivity index (χ4v) is 13.4. The van der Waals surface area contributed by atoms with Crippen molar-refractivity contribution in [3.05, 3.63) is 11.9 Å². The van der Waals surface area contributed by atoms with Crippen LogP contribution < -0.4 is 0 Å². The molecule has 0 bridgehead atoms. The quantitative estimate of drug-likeness (QED) is 0.221. The van der Waals surface area contributed by atoms with Gasteiger partial charge in [-0.1, -0.05) is 32.9 Å². The molecule has 4 aliphatic rings. The number of aromatic nitrogens is 3. The molecule has 1 aromatic heterocycles. The fraction of sp³-hybridized carbons (Fsp3) is 0.912. The molecular formula is C34H58N3O5P. The summed E-state index contributed by atoms with van der Waals surface area (Å²) in [6.45, 7) is 12.3. The smallest absolute Gasteiger partial charge is 0.316 e. The van der Waals surface area contributed by atoms with Crippen LogP contribution in [0, 0.1) is 46.3 Å². The number of aliphatic hydroxyl groups is 1. The molecule has 1 aromatic rings. The van der Waals surface area contributed by atoms with Crippen LogP contribution >= 0.6 is 7.37 Å². The summed E-state index contributed by atoms with van der Waals surface area (Å²) in [6.07, 6.45) is 16.3. The largest absolute Gasteiger partial charge is 0.481 e. The fourth-order valence-electron chi connectivity index (χ4n) is 11.0. The van der Waals surface area contributed by atoms with Crippen molar-refractivity contribution >= 4 is 13.3 Å².